The fourth-order valence-electron chi connectivity index (χ4n) is 2.70. The number of hydrogen-bond acceptors (Lipinski definition) is 5. The van der Waals surface area contributed by atoms with Crippen LogP contribution in [-0.4, -0.2) is 25.2 Å². The molecule has 0 aliphatic rings. The normalized spacial score (nSPS) is 13.3. The second kappa shape index (κ2) is 9.50. The highest BCUT2D eigenvalue weighted by atomic mass is 32.1. The highest BCUT2D eigenvalue weighted by Gasteiger charge is 2.22. The first-order valence-corrected chi connectivity index (χ1v) is 9.55. The predicted octanol–water partition coefficient (Wildman–Crippen LogP) is 3.90. The minimum absolute atomic E-state index is 0.124. The van der Waals surface area contributed by atoms with Crippen molar-refractivity contribution in [3.8, 4) is 0 Å². The first-order valence-electron chi connectivity index (χ1n) is 8.67. The summed E-state index contributed by atoms with van der Waals surface area (Å²) in [5, 5.41) is 7.53. The molecule has 0 fully saturated rings. The van der Waals surface area contributed by atoms with E-state index in [0.717, 1.165) is 16.9 Å². The third-order valence-electron chi connectivity index (χ3n) is 4.01. The Bertz CT molecular complexity index is 711. The van der Waals surface area contributed by atoms with Crippen LogP contribution in [0.25, 0.3) is 0 Å². The van der Waals surface area contributed by atoms with Crippen molar-refractivity contribution in [3.05, 3.63) is 57.8 Å². The molecule has 0 radical (unpaired) electrons. The number of imide groups is 1. The summed E-state index contributed by atoms with van der Waals surface area (Å²) in [6.45, 7) is 6.13. The van der Waals surface area contributed by atoms with Crippen LogP contribution in [0.4, 0.5) is 4.79 Å². The minimum atomic E-state index is -0.755. The minimum Gasteiger partial charge on any atom is -0.453 e. The van der Waals surface area contributed by atoms with Crippen molar-refractivity contribution < 1.29 is 14.3 Å². The van der Waals surface area contributed by atoms with Crippen LogP contribution in [-0.2, 0) is 16.0 Å². The summed E-state index contributed by atoms with van der Waals surface area (Å²) in [5.74, 6) is 0.184. The van der Waals surface area contributed by atoms with Crippen LogP contribution in [0.2, 0.25) is 0 Å². The molecule has 140 valence electrons. The van der Waals surface area contributed by atoms with Gasteiger partial charge in [-0.05, 0) is 41.8 Å². The van der Waals surface area contributed by atoms with Gasteiger partial charge in [0.05, 0.1) is 19.2 Å². The van der Waals surface area contributed by atoms with E-state index in [2.05, 4.69) is 53.5 Å². The average molecular weight is 375 g/mol. The lowest BCUT2D eigenvalue weighted by atomic mass is 9.98. The van der Waals surface area contributed by atoms with Crippen molar-refractivity contribution in [3.63, 3.8) is 0 Å². The molecule has 26 heavy (non-hydrogen) atoms. The number of benzene rings is 1. The number of methoxy groups -OCH3 is 1. The predicted molar refractivity (Wildman–Crippen MR) is 104 cm³/mol. The molecule has 2 rings (SSSR count). The van der Waals surface area contributed by atoms with E-state index < -0.39 is 18.0 Å². The summed E-state index contributed by atoms with van der Waals surface area (Å²) in [5.41, 5.74) is 2.38. The Kier molecular flexibility index (Phi) is 7.36. The zero-order valence-corrected chi connectivity index (χ0v) is 16.4. The number of nitrogens with one attached hydrogen (secondary N) is 2. The lowest BCUT2D eigenvalue weighted by Gasteiger charge is -2.22. The number of rotatable bonds is 7. The van der Waals surface area contributed by atoms with E-state index in [4.69, 9.17) is 0 Å². The highest BCUT2D eigenvalue weighted by molar-refractivity contribution is 7.10. The van der Waals surface area contributed by atoms with Gasteiger partial charge in [-0.3, -0.25) is 15.4 Å². The van der Waals surface area contributed by atoms with Crippen LogP contribution in [0.15, 0.2) is 41.8 Å². The van der Waals surface area contributed by atoms with Gasteiger partial charge in [-0.2, -0.15) is 0 Å². The molecule has 5 nitrogen and oxygen atoms in total. The zero-order valence-electron chi connectivity index (χ0n) is 15.6. The SMILES string of the molecule is COC(=O)NC(=O)[C@H](C)N[C@H](c1ccc(CC(C)C)cc1)c1cccs1. The molecule has 0 saturated carbocycles. The molecule has 0 aliphatic carbocycles. The van der Waals surface area contributed by atoms with Crippen molar-refractivity contribution in [2.45, 2.75) is 39.3 Å². The van der Waals surface area contributed by atoms with Crippen molar-refractivity contribution >= 4 is 23.3 Å². The molecule has 0 bridgehead atoms. The lowest BCUT2D eigenvalue weighted by Crippen LogP contribution is -2.45. The zero-order chi connectivity index (χ0) is 19.1. The monoisotopic (exact) mass is 374 g/mol. The fraction of sp³-hybridized carbons (Fsp3) is 0.400. The number of hydrogen-bond donors (Lipinski definition) is 2. The fourth-order valence-corrected chi connectivity index (χ4v) is 3.51. The van der Waals surface area contributed by atoms with E-state index >= 15 is 0 Å². The summed E-state index contributed by atoms with van der Waals surface area (Å²) >= 11 is 1.63. The molecule has 0 aliphatic heterocycles. The van der Waals surface area contributed by atoms with Crippen LogP contribution >= 0.6 is 11.3 Å². The number of alkyl carbamates (subject to hydrolysis) is 1. The molecular weight excluding hydrogens is 348 g/mol. The van der Waals surface area contributed by atoms with E-state index in [0.29, 0.717) is 5.92 Å². The van der Waals surface area contributed by atoms with Gasteiger partial charge in [0.15, 0.2) is 0 Å². The Labute approximate surface area is 158 Å². The molecule has 6 heteroatoms. The van der Waals surface area contributed by atoms with E-state index in [1.807, 2.05) is 17.5 Å². The van der Waals surface area contributed by atoms with Crippen molar-refractivity contribution in [1.82, 2.24) is 10.6 Å². The van der Waals surface area contributed by atoms with E-state index in [9.17, 15) is 9.59 Å². The summed E-state index contributed by atoms with van der Waals surface area (Å²) in [7, 11) is 1.23. The molecule has 0 saturated heterocycles. The quantitative estimate of drug-likeness (QED) is 0.771. The van der Waals surface area contributed by atoms with Gasteiger partial charge in [0.1, 0.15) is 0 Å². The number of thiophene rings is 1. The van der Waals surface area contributed by atoms with Gasteiger partial charge in [-0.25, -0.2) is 4.79 Å². The second-order valence-electron chi connectivity index (χ2n) is 6.66. The van der Waals surface area contributed by atoms with E-state index in [1.54, 1.807) is 18.3 Å². The average Bonchev–Trinajstić information content (AvgIpc) is 3.14. The topological polar surface area (TPSA) is 67.4 Å². The summed E-state index contributed by atoms with van der Waals surface area (Å²) in [6.07, 6.45) is 0.282. The Morgan fingerprint density at radius 1 is 1.12 bits per heavy atom. The molecule has 2 atom stereocenters. The van der Waals surface area contributed by atoms with Crippen LogP contribution < -0.4 is 10.6 Å². The Morgan fingerprint density at radius 3 is 2.35 bits per heavy atom. The number of carbonyl (C=O) groups excluding carboxylic acids is 2. The summed E-state index contributed by atoms with van der Waals surface area (Å²) in [6, 6.07) is 11.8. The van der Waals surface area contributed by atoms with Gasteiger partial charge >= 0.3 is 6.09 Å². The summed E-state index contributed by atoms with van der Waals surface area (Å²) < 4.78 is 4.48. The maximum absolute atomic E-state index is 12.2. The van der Waals surface area contributed by atoms with Crippen molar-refractivity contribution in [2.24, 2.45) is 5.92 Å². The van der Waals surface area contributed by atoms with E-state index in [1.165, 1.54) is 12.7 Å². The third kappa shape index (κ3) is 5.68. The smallest absolute Gasteiger partial charge is 0.413 e. The molecular formula is C20H26N2O3S. The standard InChI is InChI=1S/C20H26N2O3S/c1-13(2)12-15-7-9-16(10-8-15)18(17-6-5-11-26-17)21-14(3)19(23)22-20(24)25-4/h5-11,13-14,18,21H,12H2,1-4H3,(H,22,23,24)/t14-,18+/m0/s1. The number of ether oxygens (including phenoxy) is 1. The lowest BCUT2D eigenvalue weighted by molar-refractivity contribution is -0.122. The maximum Gasteiger partial charge on any atom is 0.413 e. The molecule has 2 amide bonds. The Balaban J connectivity index is 2.17. The molecule has 1 heterocycles. The van der Waals surface area contributed by atoms with Crippen molar-refractivity contribution in [2.75, 3.05) is 7.11 Å². The van der Waals surface area contributed by atoms with Crippen LogP contribution in [0.5, 0.6) is 0 Å². The Hall–Kier alpha value is -2.18. The van der Waals surface area contributed by atoms with Gasteiger partial charge in [0.25, 0.3) is 0 Å². The summed E-state index contributed by atoms with van der Waals surface area (Å²) in [4.78, 5) is 24.5. The van der Waals surface area contributed by atoms with Crippen LogP contribution in [0.3, 0.4) is 0 Å². The maximum atomic E-state index is 12.2. The second-order valence-corrected chi connectivity index (χ2v) is 7.64. The molecule has 0 spiro atoms. The largest absolute Gasteiger partial charge is 0.453 e. The first kappa shape index (κ1) is 20.1. The van der Waals surface area contributed by atoms with Gasteiger partial charge in [0, 0.05) is 4.88 Å². The number of amides is 2. The number of carbonyl (C=O) groups is 2. The van der Waals surface area contributed by atoms with Gasteiger partial charge in [0.2, 0.25) is 5.91 Å². The Morgan fingerprint density at radius 2 is 1.81 bits per heavy atom. The molecule has 2 N–H and O–H groups in total. The van der Waals surface area contributed by atoms with Gasteiger partial charge < -0.3 is 4.74 Å². The molecule has 1 aromatic heterocycles. The van der Waals surface area contributed by atoms with E-state index in [-0.39, 0.29) is 6.04 Å². The first-order chi connectivity index (χ1) is 12.4. The van der Waals surface area contributed by atoms with Crippen LogP contribution in [0.1, 0.15) is 42.8 Å². The van der Waals surface area contributed by atoms with Gasteiger partial charge in [-0.1, -0.05) is 44.2 Å². The van der Waals surface area contributed by atoms with Crippen molar-refractivity contribution in [1.29, 1.82) is 0 Å². The third-order valence-corrected chi connectivity index (χ3v) is 4.94. The molecule has 2 aromatic rings. The van der Waals surface area contributed by atoms with Gasteiger partial charge in [-0.15, -0.1) is 11.3 Å². The highest BCUT2D eigenvalue weighted by Crippen LogP contribution is 2.27. The molecule has 1 aromatic carbocycles. The van der Waals surface area contributed by atoms with Crippen LogP contribution in [0, 0.1) is 5.92 Å². The molecule has 0 unspecified atom stereocenters.